The van der Waals surface area contributed by atoms with Gasteiger partial charge in [-0.2, -0.15) is 0 Å². The summed E-state index contributed by atoms with van der Waals surface area (Å²) in [4.78, 5) is 6.98. The predicted octanol–water partition coefficient (Wildman–Crippen LogP) is 1.18. The van der Waals surface area contributed by atoms with Gasteiger partial charge < -0.3 is 5.11 Å². The molecule has 0 aliphatic rings. The molecule has 1 N–H and O–H groups in total. The van der Waals surface area contributed by atoms with Crippen molar-refractivity contribution in [3.05, 3.63) is 11.8 Å². The summed E-state index contributed by atoms with van der Waals surface area (Å²) in [7, 11) is 0. The van der Waals surface area contributed by atoms with E-state index in [9.17, 15) is 0 Å². The zero-order valence-corrected chi connectivity index (χ0v) is 6.47. The van der Waals surface area contributed by atoms with Gasteiger partial charge in [0.25, 0.3) is 0 Å². The number of nitrogens with zero attached hydrogens (tertiary/aromatic N) is 2. The lowest BCUT2D eigenvalue weighted by atomic mass is 10.4. The molecule has 0 saturated heterocycles. The minimum Gasteiger partial charge on any atom is -0.392 e. The zero-order valence-electron chi connectivity index (χ0n) is 5.71. The van der Waals surface area contributed by atoms with Gasteiger partial charge in [0.05, 0.1) is 6.61 Å². The number of amidine groups is 1. The van der Waals surface area contributed by atoms with Crippen LogP contribution in [0.15, 0.2) is 21.8 Å². The van der Waals surface area contributed by atoms with Gasteiger partial charge in [0.1, 0.15) is 0 Å². The number of halogens is 1. The Morgan fingerprint density at radius 3 is 2.80 bits per heavy atom. The molecule has 0 rings (SSSR count). The maximum atomic E-state index is 8.49. The molecule has 0 radical (unpaired) electrons. The van der Waals surface area contributed by atoms with E-state index in [-0.39, 0.29) is 11.9 Å². The molecule has 0 amide bonds. The van der Waals surface area contributed by atoms with Crippen LogP contribution in [0, 0.1) is 0 Å². The van der Waals surface area contributed by atoms with E-state index in [0.717, 1.165) is 5.57 Å². The summed E-state index contributed by atoms with van der Waals surface area (Å²) in [6.07, 6.45) is 1.44. The van der Waals surface area contributed by atoms with Gasteiger partial charge in [-0.3, -0.25) is 0 Å². The van der Waals surface area contributed by atoms with Crippen LogP contribution in [0.4, 0.5) is 0 Å². The van der Waals surface area contributed by atoms with E-state index in [2.05, 4.69) is 16.7 Å². The monoisotopic (exact) mass is 160 g/mol. The highest BCUT2D eigenvalue weighted by atomic mass is 35.5. The molecule has 0 aliphatic heterocycles. The minimum absolute atomic E-state index is 0.0230. The third kappa shape index (κ3) is 4.23. The van der Waals surface area contributed by atoms with Gasteiger partial charge in [0.2, 0.25) is 5.29 Å². The largest absolute Gasteiger partial charge is 0.392 e. The Morgan fingerprint density at radius 2 is 2.40 bits per heavy atom. The average Bonchev–Trinajstić information content (AvgIpc) is 1.99. The van der Waals surface area contributed by atoms with E-state index in [1.807, 2.05) is 0 Å². The molecule has 4 heteroatoms. The number of hydrogen-bond donors (Lipinski definition) is 1. The summed E-state index contributed by atoms with van der Waals surface area (Å²) in [5.41, 5.74) is 0.724. The third-order valence-corrected chi connectivity index (χ3v) is 0.988. The summed E-state index contributed by atoms with van der Waals surface area (Å²) in [5.74, 6) is 0. The number of aliphatic hydroxyl groups is 1. The van der Waals surface area contributed by atoms with Crippen molar-refractivity contribution in [2.45, 2.75) is 6.92 Å². The normalized spacial score (nSPS) is 13.5. The molecule has 0 saturated carbocycles. The second-order valence-electron chi connectivity index (χ2n) is 1.69. The van der Waals surface area contributed by atoms with Crippen LogP contribution in [-0.4, -0.2) is 23.7 Å². The lowest BCUT2D eigenvalue weighted by Gasteiger charge is -1.88. The van der Waals surface area contributed by atoms with Gasteiger partial charge in [-0.15, -0.1) is 0 Å². The Labute approximate surface area is 64.8 Å². The van der Waals surface area contributed by atoms with Gasteiger partial charge in [0.15, 0.2) is 0 Å². The molecule has 0 spiro atoms. The highest BCUT2D eigenvalue weighted by Gasteiger charge is 1.84. The molecular weight excluding hydrogens is 152 g/mol. The number of hydrogen-bond acceptors (Lipinski definition) is 2. The Bertz CT molecular complexity index is 175. The Kier molecular flexibility index (Phi) is 4.80. The zero-order chi connectivity index (χ0) is 7.98. The van der Waals surface area contributed by atoms with Crippen LogP contribution in [0.1, 0.15) is 6.92 Å². The SMILES string of the molecule is C=N/C(Cl)=N\C=C(/C)CO. The number of rotatable bonds is 2. The van der Waals surface area contributed by atoms with Crippen molar-refractivity contribution in [3.63, 3.8) is 0 Å². The van der Waals surface area contributed by atoms with Crippen molar-refractivity contribution >= 4 is 23.6 Å². The van der Waals surface area contributed by atoms with Crippen molar-refractivity contribution in [2.75, 3.05) is 6.61 Å². The van der Waals surface area contributed by atoms with E-state index in [1.54, 1.807) is 6.92 Å². The van der Waals surface area contributed by atoms with Crippen molar-refractivity contribution in [2.24, 2.45) is 9.98 Å². The second kappa shape index (κ2) is 5.14. The predicted molar refractivity (Wildman–Crippen MR) is 43.7 cm³/mol. The smallest absolute Gasteiger partial charge is 0.221 e. The molecule has 10 heavy (non-hydrogen) atoms. The number of aliphatic hydroxyl groups excluding tert-OH is 1. The van der Waals surface area contributed by atoms with Crippen LogP contribution in [-0.2, 0) is 0 Å². The minimum atomic E-state index is -0.0230. The molecule has 0 unspecified atom stereocenters. The van der Waals surface area contributed by atoms with Crippen molar-refractivity contribution in [1.82, 2.24) is 0 Å². The lowest BCUT2D eigenvalue weighted by molar-refractivity contribution is 0.331. The van der Waals surface area contributed by atoms with E-state index >= 15 is 0 Å². The Morgan fingerprint density at radius 1 is 1.80 bits per heavy atom. The maximum absolute atomic E-state index is 8.49. The molecule has 0 aromatic heterocycles. The fourth-order valence-corrected chi connectivity index (χ4v) is 0.294. The number of aliphatic imine (C=N–C) groups is 2. The molecule has 0 aromatic carbocycles. The molecule has 0 atom stereocenters. The van der Waals surface area contributed by atoms with Gasteiger partial charge in [-0.1, -0.05) is 0 Å². The van der Waals surface area contributed by atoms with Crippen LogP contribution < -0.4 is 0 Å². The first kappa shape index (κ1) is 9.33. The molecule has 3 nitrogen and oxygen atoms in total. The first-order valence-electron chi connectivity index (χ1n) is 2.67. The fraction of sp³-hybridized carbons (Fsp3) is 0.333. The van der Waals surface area contributed by atoms with E-state index in [4.69, 9.17) is 16.7 Å². The standard InChI is InChI=1S/C6H9ClN2O/c1-5(4-10)3-9-6(7)8-2/h3,10H,2,4H2,1H3/b5-3+,9-6-. The molecule has 0 aliphatic carbocycles. The highest BCUT2D eigenvalue weighted by molar-refractivity contribution is 6.65. The first-order chi connectivity index (χ1) is 4.70. The van der Waals surface area contributed by atoms with Crippen LogP contribution in [0.3, 0.4) is 0 Å². The highest BCUT2D eigenvalue weighted by Crippen LogP contribution is 1.93. The van der Waals surface area contributed by atoms with Gasteiger partial charge in [-0.25, -0.2) is 9.98 Å². The van der Waals surface area contributed by atoms with Gasteiger partial charge >= 0.3 is 0 Å². The molecule has 0 aromatic rings. The first-order valence-corrected chi connectivity index (χ1v) is 3.05. The van der Waals surface area contributed by atoms with E-state index in [1.165, 1.54) is 6.20 Å². The van der Waals surface area contributed by atoms with Crippen molar-refractivity contribution in [3.8, 4) is 0 Å². The van der Waals surface area contributed by atoms with Crippen molar-refractivity contribution in [1.29, 1.82) is 0 Å². The maximum Gasteiger partial charge on any atom is 0.221 e. The quantitative estimate of drug-likeness (QED) is 0.368. The Hall–Kier alpha value is -0.670. The molecule has 0 heterocycles. The summed E-state index contributed by atoms with van der Waals surface area (Å²) >= 11 is 5.36. The topological polar surface area (TPSA) is 45.0 Å². The fourth-order valence-electron chi connectivity index (χ4n) is 0.245. The molecular formula is C6H9ClN2O. The molecule has 0 bridgehead atoms. The van der Waals surface area contributed by atoms with Crippen LogP contribution >= 0.6 is 11.6 Å². The second-order valence-corrected chi connectivity index (χ2v) is 2.03. The van der Waals surface area contributed by atoms with E-state index < -0.39 is 0 Å². The van der Waals surface area contributed by atoms with E-state index in [0.29, 0.717) is 0 Å². The van der Waals surface area contributed by atoms with Gasteiger partial charge in [0, 0.05) is 6.20 Å². The summed E-state index contributed by atoms with van der Waals surface area (Å²) in [6.45, 7) is 4.87. The van der Waals surface area contributed by atoms with Crippen LogP contribution in [0.25, 0.3) is 0 Å². The molecule has 0 fully saturated rings. The summed E-state index contributed by atoms with van der Waals surface area (Å²) < 4.78 is 0. The average molecular weight is 161 g/mol. The molecule has 56 valence electrons. The third-order valence-electron chi connectivity index (χ3n) is 0.771. The Balaban J connectivity index is 4.03. The summed E-state index contributed by atoms with van der Waals surface area (Å²) in [5, 5.41) is 8.57. The van der Waals surface area contributed by atoms with Gasteiger partial charge in [-0.05, 0) is 30.8 Å². The van der Waals surface area contributed by atoms with Crippen molar-refractivity contribution < 1.29 is 5.11 Å². The van der Waals surface area contributed by atoms with Crippen LogP contribution in [0.2, 0.25) is 0 Å². The van der Waals surface area contributed by atoms with Crippen LogP contribution in [0.5, 0.6) is 0 Å². The summed E-state index contributed by atoms with van der Waals surface area (Å²) in [6, 6.07) is 0. The lowest BCUT2D eigenvalue weighted by Crippen LogP contribution is -1.83.